The van der Waals surface area contributed by atoms with Crippen LogP contribution in [0, 0.1) is 25.7 Å². The standard InChI is InChI=1S/C16H30N4O/c1-11(2)14(8-9-17)6-7-16(21)18-10-15-12(3)19-20(5)13(15)4/h11,14H,6-10,17H2,1-5H3,(H,18,21). The molecule has 1 atom stereocenters. The fraction of sp³-hybridized carbons (Fsp3) is 0.750. The minimum Gasteiger partial charge on any atom is -0.352 e. The first-order valence-electron chi connectivity index (χ1n) is 7.82. The lowest BCUT2D eigenvalue weighted by atomic mass is 9.88. The number of aryl methyl sites for hydroxylation is 2. The van der Waals surface area contributed by atoms with Crippen molar-refractivity contribution in [1.82, 2.24) is 15.1 Å². The Labute approximate surface area is 128 Å². The molecule has 0 aliphatic heterocycles. The summed E-state index contributed by atoms with van der Waals surface area (Å²) < 4.78 is 1.85. The number of rotatable bonds is 8. The molecule has 0 bridgehead atoms. The maximum absolute atomic E-state index is 12.0. The Balaban J connectivity index is 2.44. The molecule has 1 amide bonds. The van der Waals surface area contributed by atoms with Gasteiger partial charge in [0.15, 0.2) is 0 Å². The molecule has 0 aliphatic rings. The van der Waals surface area contributed by atoms with E-state index in [1.54, 1.807) is 0 Å². The average molecular weight is 294 g/mol. The van der Waals surface area contributed by atoms with Crippen LogP contribution in [0.3, 0.4) is 0 Å². The zero-order chi connectivity index (χ0) is 16.0. The first-order chi connectivity index (χ1) is 9.86. The summed E-state index contributed by atoms with van der Waals surface area (Å²) in [5.41, 5.74) is 8.84. The molecular formula is C16H30N4O. The maximum Gasteiger partial charge on any atom is 0.220 e. The Morgan fingerprint density at radius 1 is 1.33 bits per heavy atom. The van der Waals surface area contributed by atoms with E-state index in [4.69, 9.17) is 5.73 Å². The number of aromatic nitrogens is 2. The third-order valence-electron chi connectivity index (χ3n) is 4.34. The predicted octanol–water partition coefficient (Wildman–Crippen LogP) is 2.05. The van der Waals surface area contributed by atoms with E-state index in [0.29, 0.717) is 31.3 Å². The van der Waals surface area contributed by atoms with Crippen molar-refractivity contribution in [3.05, 3.63) is 17.0 Å². The van der Waals surface area contributed by atoms with Crippen molar-refractivity contribution in [3.8, 4) is 0 Å². The molecule has 1 rings (SSSR count). The van der Waals surface area contributed by atoms with Crippen LogP contribution in [0.5, 0.6) is 0 Å². The molecule has 21 heavy (non-hydrogen) atoms. The van der Waals surface area contributed by atoms with Crippen molar-refractivity contribution in [2.24, 2.45) is 24.6 Å². The van der Waals surface area contributed by atoms with Crippen molar-refractivity contribution in [2.45, 2.75) is 53.5 Å². The van der Waals surface area contributed by atoms with E-state index in [1.165, 1.54) is 0 Å². The third-order valence-corrected chi connectivity index (χ3v) is 4.34. The molecule has 5 heteroatoms. The molecule has 0 fully saturated rings. The monoisotopic (exact) mass is 294 g/mol. The van der Waals surface area contributed by atoms with Crippen LogP contribution in [0.2, 0.25) is 0 Å². The fourth-order valence-corrected chi connectivity index (χ4v) is 2.69. The molecule has 0 saturated heterocycles. The van der Waals surface area contributed by atoms with E-state index >= 15 is 0 Å². The molecule has 1 heterocycles. The molecule has 1 unspecified atom stereocenters. The van der Waals surface area contributed by atoms with Crippen LogP contribution in [0.25, 0.3) is 0 Å². The number of amides is 1. The minimum absolute atomic E-state index is 0.111. The van der Waals surface area contributed by atoms with Crippen LogP contribution in [-0.4, -0.2) is 22.2 Å². The van der Waals surface area contributed by atoms with Gasteiger partial charge in [-0.05, 0) is 45.1 Å². The highest BCUT2D eigenvalue weighted by atomic mass is 16.1. The number of nitrogens with zero attached hydrogens (tertiary/aromatic N) is 2. The smallest absolute Gasteiger partial charge is 0.220 e. The number of carbonyl (C=O) groups is 1. The van der Waals surface area contributed by atoms with Gasteiger partial charge in [-0.3, -0.25) is 9.48 Å². The van der Waals surface area contributed by atoms with Crippen molar-refractivity contribution in [2.75, 3.05) is 6.54 Å². The van der Waals surface area contributed by atoms with Crippen molar-refractivity contribution < 1.29 is 4.79 Å². The normalized spacial score (nSPS) is 12.7. The number of nitrogens with two attached hydrogens (primary N) is 1. The number of nitrogens with one attached hydrogen (secondary N) is 1. The Morgan fingerprint density at radius 2 is 2.00 bits per heavy atom. The van der Waals surface area contributed by atoms with Gasteiger partial charge in [-0.15, -0.1) is 0 Å². The van der Waals surface area contributed by atoms with Gasteiger partial charge in [-0.25, -0.2) is 0 Å². The van der Waals surface area contributed by atoms with Crippen LogP contribution in [0.1, 0.15) is 50.1 Å². The first-order valence-corrected chi connectivity index (χ1v) is 7.82. The molecule has 0 aliphatic carbocycles. The topological polar surface area (TPSA) is 72.9 Å². The molecule has 120 valence electrons. The Hall–Kier alpha value is -1.36. The SMILES string of the molecule is Cc1nn(C)c(C)c1CNC(=O)CCC(CCN)C(C)C. The molecule has 0 spiro atoms. The van der Waals surface area contributed by atoms with Gasteiger partial charge in [-0.1, -0.05) is 13.8 Å². The zero-order valence-corrected chi connectivity index (χ0v) is 14.1. The summed E-state index contributed by atoms with van der Waals surface area (Å²) >= 11 is 0. The van der Waals surface area contributed by atoms with Gasteiger partial charge in [0.25, 0.3) is 0 Å². The molecule has 1 aromatic heterocycles. The second-order valence-corrected chi connectivity index (χ2v) is 6.17. The van der Waals surface area contributed by atoms with Gasteiger partial charge in [0, 0.05) is 31.3 Å². The summed E-state index contributed by atoms with van der Waals surface area (Å²) in [5.74, 6) is 1.21. The Morgan fingerprint density at radius 3 is 2.48 bits per heavy atom. The summed E-state index contributed by atoms with van der Waals surface area (Å²) in [6, 6.07) is 0. The van der Waals surface area contributed by atoms with Crippen LogP contribution in [-0.2, 0) is 18.4 Å². The van der Waals surface area contributed by atoms with Gasteiger partial charge in [-0.2, -0.15) is 5.10 Å². The lowest BCUT2D eigenvalue weighted by Gasteiger charge is -2.19. The lowest BCUT2D eigenvalue weighted by Crippen LogP contribution is -2.25. The van der Waals surface area contributed by atoms with Gasteiger partial charge in [0.1, 0.15) is 0 Å². The highest BCUT2D eigenvalue weighted by molar-refractivity contribution is 5.75. The first kappa shape index (κ1) is 17.7. The lowest BCUT2D eigenvalue weighted by molar-refractivity contribution is -0.121. The molecule has 3 N–H and O–H groups in total. The molecular weight excluding hydrogens is 264 g/mol. The highest BCUT2D eigenvalue weighted by Gasteiger charge is 2.15. The largest absolute Gasteiger partial charge is 0.352 e. The van der Waals surface area contributed by atoms with Crippen LogP contribution in [0.4, 0.5) is 0 Å². The quantitative estimate of drug-likeness (QED) is 0.770. The average Bonchev–Trinajstić information content (AvgIpc) is 2.65. The van der Waals surface area contributed by atoms with E-state index in [9.17, 15) is 4.79 Å². The summed E-state index contributed by atoms with van der Waals surface area (Å²) in [5, 5.41) is 7.37. The van der Waals surface area contributed by atoms with Crippen molar-refractivity contribution >= 4 is 5.91 Å². The van der Waals surface area contributed by atoms with Gasteiger partial charge < -0.3 is 11.1 Å². The highest BCUT2D eigenvalue weighted by Crippen LogP contribution is 2.20. The summed E-state index contributed by atoms with van der Waals surface area (Å²) in [6.07, 6.45) is 2.47. The minimum atomic E-state index is 0.111. The van der Waals surface area contributed by atoms with E-state index < -0.39 is 0 Å². The van der Waals surface area contributed by atoms with Crippen LogP contribution in [0.15, 0.2) is 0 Å². The number of hydrogen-bond donors (Lipinski definition) is 2. The summed E-state index contributed by atoms with van der Waals surface area (Å²) in [4.78, 5) is 12.0. The molecule has 0 aromatic carbocycles. The van der Waals surface area contributed by atoms with Crippen molar-refractivity contribution in [1.29, 1.82) is 0 Å². The van der Waals surface area contributed by atoms with E-state index in [-0.39, 0.29) is 5.91 Å². The predicted molar refractivity (Wildman–Crippen MR) is 85.8 cm³/mol. The number of carbonyl (C=O) groups excluding carboxylic acids is 1. The second kappa shape index (κ2) is 8.17. The summed E-state index contributed by atoms with van der Waals surface area (Å²) in [6.45, 7) is 9.65. The van der Waals surface area contributed by atoms with E-state index in [2.05, 4.69) is 24.3 Å². The van der Waals surface area contributed by atoms with Crippen LogP contribution >= 0.6 is 0 Å². The fourth-order valence-electron chi connectivity index (χ4n) is 2.69. The molecule has 5 nitrogen and oxygen atoms in total. The summed E-state index contributed by atoms with van der Waals surface area (Å²) in [7, 11) is 1.92. The van der Waals surface area contributed by atoms with Crippen molar-refractivity contribution in [3.63, 3.8) is 0 Å². The molecule has 0 saturated carbocycles. The maximum atomic E-state index is 12.0. The van der Waals surface area contributed by atoms with Gasteiger partial charge in [0.05, 0.1) is 5.69 Å². The van der Waals surface area contributed by atoms with Gasteiger partial charge in [0.2, 0.25) is 5.91 Å². The second-order valence-electron chi connectivity index (χ2n) is 6.17. The Bertz CT molecular complexity index is 465. The zero-order valence-electron chi connectivity index (χ0n) is 14.1. The number of hydrogen-bond acceptors (Lipinski definition) is 3. The Kier molecular flexibility index (Phi) is 6.89. The van der Waals surface area contributed by atoms with E-state index in [1.807, 2.05) is 25.6 Å². The van der Waals surface area contributed by atoms with Crippen LogP contribution < -0.4 is 11.1 Å². The molecule has 1 aromatic rings. The van der Waals surface area contributed by atoms with Gasteiger partial charge >= 0.3 is 0 Å². The molecule has 0 radical (unpaired) electrons. The van der Waals surface area contributed by atoms with E-state index in [0.717, 1.165) is 29.8 Å². The third kappa shape index (κ3) is 5.16.